The monoisotopic (exact) mass is 327 g/mol. The molecule has 1 rings (SSSR count). The Morgan fingerprint density at radius 1 is 1.38 bits per heavy atom. The average molecular weight is 328 g/mol. The number of nitrogens with one attached hydrogen (secondary N) is 2. The van der Waals surface area contributed by atoms with Crippen LogP contribution in [0.1, 0.15) is 5.56 Å². The molecule has 110 valence electrons. The van der Waals surface area contributed by atoms with Crippen LogP contribution in [0.15, 0.2) is 17.2 Å². The van der Waals surface area contributed by atoms with Crippen molar-refractivity contribution in [2.24, 2.45) is 5.10 Å². The summed E-state index contributed by atoms with van der Waals surface area (Å²) in [6.45, 7) is 0.0368. The Bertz CT molecular complexity index is 601. The van der Waals surface area contributed by atoms with Crippen molar-refractivity contribution >= 4 is 41.2 Å². The zero-order valence-electron chi connectivity index (χ0n) is 10.9. The molecule has 0 saturated carbocycles. The first-order valence-electron chi connectivity index (χ1n) is 5.60. The number of halogens is 2. The van der Waals surface area contributed by atoms with Crippen molar-refractivity contribution < 1.29 is 14.3 Å². The van der Waals surface area contributed by atoms with E-state index in [1.54, 1.807) is 0 Å². The summed E-state index contributed by atoms with van der Waals surface area (Å²) in [5.41, 5.74) is 2.55. The molecule has 0 atom stereocenters. The van der Waals surface area contributed by atoms with E-state index in [-0.39, 0.29) is 22.4 Å². The van der Waals surface area contributed by atoms with E-state index in [0.29, 0.717) is 5.56 Å². The van der Waals surface area contributed by atoms with E-state index in [1.807, 2.05) is 5.43 Å². The summed E-state index contributed by atoms with van der Waals surface area (Å²) in [6, 6.07) is 3.05. The van der Waals surface area contributed by atoms with Gasteiger partial charge in [-0.1, -0.05) is 29.1 Å². The molecule has 1 aromatic rings. The highest BCUT2D eigenvalue weighted by atomic mass is 35.5. The first-order valence-corrected chi connectivity index (χ1v) is 6.35. The maximum absolute atomic E-state index is 11.1. The number of carbonyl (C=O) groups is 2. The number of nitrogens with zero attached hydrogens (tertiary/aromatic N) is 1. The number of carbonyl (C=O) groups excluding carboxylic acids is 2. The van der Waals surface area contributed by atoms with Crippen LogP contribution in [-0.2, 0) is 9.59 Å². The van der Waals surface area contributed by atoms with Crippen molar-refractivity contribution in [2.75, 3.05) is 13.7 Å². The summed E-state index contributed by atoms with van der Waals surface area (Å²) in [5, 5.41) is 6.26. The smallest absolute Gasteiger partial charge is 0.329 e. The summed E-state index contributed by atoms with van der Waals surface area (Å²) in [5.74, 6) is 0.870. The van der Waals surface area contributed by atoms with Gasteiger partial charge in [-0.25, -0.2) is 5.43 Å². The lowest BCUT2D eigenvalue weighted by Crippen LogP contribution is -2.35. The number of hydrogen-bond acceptors (Lipinski definition) is 4. The van der Waals surface area contributed by atoms with Crippen molar-refractivity contribution in [1.82, 2.24) is 10.7 Å². The largest absolute Gasteiger partial charge is 0.478 e. The van der Waals surface area contributed by atoms with Crippen molar-refractivity contribution in [3.8, 4) is 18.1 Å². The second-order valence-corrected chi connectivity index (χ2v) is 4.40. The molecule has 0 radical (unpaired) electrons. The highest BCUT2D eigenvalue weighted by Gasteiger charge is 2.10. The molecular weight excluding hydrogens is 317 g/mol. The highest BCUT2D eigenvalue weighted by molar-refractivity contribution is 6.37. The van der Waals surface area contributed by atoms with Gasteiger partial charge in [0.05, 0.1) is 16.3 Å². The van der Waals surface area contributed by atoms with Crippen molar-refractivity contribution in [3.05, 3.63) is 27.7 Å². The third-order valence-corrected chi connectivity index (χ3v) is 2.69. The molecule has 2 amide bonds. The van der Waals surface area contributed by atoms with E-state index < -0.39 is 11.8 Å². The van der Waals surface area contributed by atoms with E-state index in [0.717, 1.165) is 0 Å². The quantitative estimate of drug-likeness (QED) is 0.377. The lowest BCUT2D eigenvalue weighted by Gasteiger charge is -2.08. The fraction of sp³-hybridized carbons (Fsp3) is 0.154. The van der Waals surface area contributed by atoms with Gasteiger partial charge in [0.1, 0.15) is 6.61 Å². The normalized spacial score (nSPS) is 10.0. The third kappa shape index (κ3) is 4.99. The second-order valence-electron chi connectivity index (χ2n) is 3.58. The van der Waals surface area contributed by atoms with Crippen LogP contribution in [-0.4, -0.2) is 31.7 Å². The Morgan fingerprint density at radius 3 is 2.52 bits per heavy atom. The fourth-order valence-corrected chi connectivity index (χ4v) is 1.85. The zero-order chi connectivity index (χ0) is 15.8. The van der Waals surface area contributed by atoms with Gasteiger partial charge in [-0.15, -0.1) is 6.42 Å². The molecule has 1 aromatic carbocycles. The topological polar surface area (TPSA) is 79.8 Å². The second kappa shape index (κ2) is 8.15. The number of terminal acetylenes is 1. The Kier molecular flexibility index (Phi) is 6.53. The summed E-state index contributed by atoms with van der Waals surface area (Å²) < 4.78 is 5.19. The minimum Gasteiger partial charge on any atom is -0.478 e. The highest BCUT2D eigenvalue weighted by Crippen LogP contribution is 2.33. The summed E-state index contributed by atoms with van der Waals surface area (Å²) in [7, 11) is 1.33. The molecule has 0 aliphatic heterocycles. The van der Waals surface area contributed by atoms with Crippen LogP contribution in [0.4, 0.5) is 0 Å². The van der Waals surface area contributed by atoms with E-state index >= 15 is 0 Å². The van der Waals surface area contributed by atoms with Crippen LogP contribution in [0.2, 0.25) is 10.0 Å². The number of rotatable bonds is 4. The van der Waals surface area contributed by atoms with Gasteiger partial charge in [-0.3, -0.25) is 9.59 Å². The number of hydrazone groups is 1. The van der Waals surface area contributed by atoms with E-state index in [2.05, 4.69) is 16.3 Å². The number of likely N-dealkylation sites (N-methyl/N-ethyl adjacent to an activating group) is 1. The molecule has 0 aliphatic carbocycles. The van der Waals surface area contributed by atoms with Gasteiger partial charge in [0, 0.05) is 7.05 Å². The maximum Gasteiger partial charge on any atom is 0.329 e. The Hall–Kier alpha value is -2.23. The summed E-state index contributed by atoms with van der Waals surface area (Å²) in [4.78, 5) is 22.1. The van der Waals surface area contributed by atoms with Gasteiger partial charge < -0.3 is 10.1 Å². The maximum atomic E-state index is 11.1. The standard InChI is InChI=1S/C13H11Cl2N3O3/c1-3-4-21-11-9(14)5-8(6-10(11)15)7-17-18-13(20)12(19)16-2/h1,5-7H,4H2,2H3,(H,16,19)(H,18,20)/b17-7-. The van der Waals surface area contributed by atoms with Gasteiger partial charge in [-0.2, -0.15) is 5.10 Å². The number of ether oxygens (including phenoxy) is 1. The van der Waals surface area contributed by atoms with Crippen molar-refractivity contribution in [3.63, 3.8) is 0 Å². The first-order chi connectivity index (χ1) is 9.99. The van der Waals surface area contributed by atoms with E-state index in [9.17, 15) is 9.59 Å². The molecule has 8 heteroatoms. The molecule has 2 N–H and O–H groups in total. The van der Waals surface area contributed by atoms with Gasteiger partial charge in [0.15, 0.2) is 5.75 Å². The van der Waals surface area contributed by atoms with Crippen molar-refractivity contribution in [1.29, 1.82) is 0 Å². The average Bonchev–Trinajstić information content (AvgIpc) is 2.45. The molecule has 6 nitrogen and oxygen atoms in total. The molecule has 0 aromatic heterocycles. The van der Waals surface area contributed by atoms with Crippen LogP contribution in [0, 0.1) is 12.3 Å². The predicted octanol–water partition coefficient (Wildman–Crippen LogP) is 1.20. The molecule has 0 fully saturated rings. The molecule has 0 bridgehead atoms. The van der Waals surface area contributed by atoms with Crippen LogP contribution >= 0.6 is 23.2 Å². The van der Waals surface area contributed by atoms with Crippen LogP contribution in [0.3, 0.4) is 0 Å². The molecule has 0 unspecified atom stereocenters. The van der Waals surface area contributed by atoms with Gasteiger partial charge in [-0.05, 0) is 17.7 Å². The lowest BCUT2D eigenvalue weighted by atomic mass is 10.2. The fourth-order valence-electron chi connectivity index (χ4n) is 1.24. The molecule has 21 heavy (non-hydrogen) atoms. The molecule has 0 heterocycles. The number of hydrogen-bond donors (Lipinski definition) is 2. The summed E-state index contributed by atoms with van der Waals surface area (Å²) in [6.07, 6.45) is 6.36. The zero-order valence-corrected chi connectivity index (χ0v) is 12.5. The number of amides is 2. The van der Waals surface area contributed by atoms with Crippen LogP contribution in [0.25, 0.3) is 0 Å². The Morgan fingerprint density at radius 2 is 2.00 bits per heavy atom. The molecule has 0 aliphatic rings. The predicted molar refractivity (Wildman–Crippen MR) is 80.6 cm³/mol. The van der Waals surface area contributed by atoms with Gasteiger partial charge in [0.2, 0.25) is 0 Å². The number of benzene rings is 1. The third-order valence-electron chi connectivity index (χ3n) is 2.13. The minimum atomic E-state index is -0.889. The van der Waals surface area contributed by atoms with Gasteiger partial charge in [0.25, 0.3) is 0 Å². The lowest BCUT2D eigenvalue weighted by molar-refractivity contribution is -0.138. The minimum absolute atomic E-state index is 0.0368. The van der Waals surface area contributed by atoms with Crippen LogP contribution in [0.5, 0.6) is 5.75 Å². The summed E-state index contributed by atoms with van der Waals surface area (Å²) >= 11 is 12.0. The van der Waals surface area contributed by atoms with E-state index in [1.165, 1.54) is 25.4 Å². The molecular formula is C13H11Cl2N3O3. The van der Waals surface area contributed by atoms with Gasteiger partial charge >= 0.3 is 11.8 Å². The van der Waals surface area contributed by atoms with Crippen LogP contribution < -0.4 is 15.5 Å². The molecule has 0 saturated heterocycles. The SMILES string of the molecule is C#CCOc1c(Cl)cc(/C=N\NC(=O)C(=O)NC)cc1Cl. The van der Waals surface area contributed by atoms with E-state index in [4.69, 9.17) is 34.4 Å². The first kappa shape index (κ1) is 16.8. The Labute approximate surface area is 131 Å². The molecule has 0 spiro atoms. The van der Waals surface area contributed by atoms with Crippen molar-refractivity contribution in [2.45, 2.75) is 0 Å². The Balaban J connectivity index is 2.80.